The number of nitrogens with one attached hydrogen (secondary N) is 1. The highest BCUT2D eigenvalue weighted by Crippen LogP contribution is 2.25. The number of sulfonamides is 1. The highest BCUT2D eigenvalue weighted by atomic mass is 32.2. The lowest BCUT2D eigenvalue weighted by molar-refractivity contribution is 0.0526. The molecule has 2 rings (SSSR count). The molecule has 0 amide bonds. The second kappa shape index (κ2) is 7.05. The molecule has 2 aromatic rings. The van der Waals surface area contributed by atoms with Gasteiger partial charge in [0.1, 0.15) is 0 Å². The normalized spacial score (nSPS) is 11.2. The quantitative estimate of drug-likeness (QED) is 0.839. The summed E-state index contributed by atoms with van der Waals surface area (Å²) in [6.45, 7) is 7.68. The predicted octanol–water partition coefficient (Wildman–Crippen LogP) is 3.59. The number of ether oxygens (including phenoxy) is 1. The molecule has 24 heavy (non-hydrogen) atoms. The van der Waals surface area contributed by atoms with Crippen molar-refractivity contribution in [3.63, 3.8) is 0 Å². The molecule has 0 bridgehead atoms. The molecule has 0 aliphatic rings. The van der Waals surface area contributed by atoms with Crippen molar-refractivity contribution in [2.75, 3.05) is 11.3 Å². The maximum absolute atomic E-state index is 12.6. The number of esters is 1. The molecule has 0 radical (unpaired) electrons. The third-order valence-electron chi connectivity index (χ3n) is 3.59. The van der Waals surface area contributed by atoms with Gasteiger partial charge in [-0.3, -0.25) is 4.72 Å². The van der Waals surface area contributed by atoms with Gasteiger partial charge in [-0.2, -0.15) is 0 Å². The van der Waals surface area contributed by atoms with E-state index in [1.54, 1.807) is 6.92 Å². The second-order valence-electron chi connectivity index (χ2n) is 5.62. The van der Waals surface area contributed by atoms with Crippen LogP contribution in [0.15, 0.2) is 41.3 Å². The predicted molar refractivity (Wildman–Crippen MR) is 93.9 cm³/mol. The molecule has 1 N–H and O–H groups in total. The Morgan fingerprint density at radius 1 is 1.04 bits per heavy atom. The van der Waals surface area contributed by atoms with Gasteiger partial charge in [0.05, 0.1) is 22.8 Å². The lowest BCUT2D eigenvalue weighted by Crippen LogP contribution is -2.15. The van der Waals surface area contributed by atoms with Crippen LogP contribution in [-0.2, 0) is 14.8 Å². The van der Waals surface area contributed by atoms with E-state index in [2.05, 4.69) is 4.72 Å². The summed E-state index contributed by atoms with van der Waals surface area (Å²) >= 11 is 0. The maximum atomic E-state index is 12.6. The topological polar surface area (TPSA) is 72.5 Å². The fraction of sp³-hybridized carbons (Fsp3) is 0.278. The standard InChI is InChI=1S/C18H21NO4S/c1-5-23-18(20)15-6-8-16(9-7-15)24(21,22)19-17-13(3)10-12(2)11-14(17)4/h6-11,19H,5H2,1-4H3. The molecule has 0 aliphatic carbocycles. The van der Waals surface area contributed by atoms with Gasteiger partial charge in [-0.1, -0.05) is 17.7 Å². The Hall–Kier alpha value is -2.34. The van der Waals surface area contributed by atoms with Crippen molar-refractivity contribution < 1.29 is 17.9 Å². The average Bonchev–Trinajstić information content (AvgIpc) is 2.51. The van der Waals surface area contributed by atoms with Crippen molar-refractivity contribution in [3.8, 4) is 0 Å². The van der Waals surface area contributed by atoms with E-state index in [4.69, 9.17) is 4.74 Å². The average molecular weight is 347 g/mol. The van der Waals surface area contributed by atoms with E-state index in [1.165, 1.54) is 24.3 Å². The number of anilines is 1. The number of hydrogen-bond acceptors (Lipinski definition) is 4. The van der Waals surface area contributed by atoms with Crippen molar-refractivity contribution in [2.45, 2.75) is 32.6 Å². The molecular weight excluding hydrogens is 326 g/mol. The van der Waals surface area contributed by atoms with Gasteiger partial charge >= 0.3 is 5.97 Å². The largest absolute Gasteiger partial charge is 0.462 e. The molecule has 0 spiro atoms. The highest BCUT2D eigenvalue weighted by molar-refractivity contribution is 7.92. The minimum atomic E-state index is -3.73. The molecule has 128 valence electrons. The first-order valence-corrected chi connectivity index (χ1v) is 9.10. The third kappa shape index (κ3) is 3.94. The van der Waals surface area contributed by atoms with Gasteiger partial charge in [-0.25, -0.2) is 13.2 Å². The van der Waals surface area contributed by atoms with Gasteiger partial charge in [0, 0.05) is 0 Å². The van der Waals surface area contributed by atoms with Crippen molar-refractivity contribution in [1.29, 1.82) is 0 Å². The molecule has 0 aliphatic heterocycles. The minimum Gasteiger partial charge on any atom is -0.462 e. The van der Waals surface area contributed by atoms with Crippen molar-refractivity contribution in [2.24, 2.45) is 0 Å². The zero-order valence-corrected chi connectivity index (χ0v) is 15.0. The number of rotatable bonds is 5. The van der Waals surface area contributed by atoms with Crippen LogP contribution in [0.4, 0.5) is 5.69 Å². The van der Waals surface area contributed by atoms with Crippen LogP contribution in [0, 0.1) is 20.8 Å². The zero-order valence-electron chi connectivity index (χ0n) is 14.2. The van der Waals surface area contributed by atoms with Crippen LogP contribution >= 0.6 is 0 Å². The van der Waals surface area contributed by atoms with Crippen molar-refractivity contribution in [3.05, 3.63) is 58.7 Å². The molecule has 0 atom stereocenters. The van der Waals surface area contributed by atoms with Crippen LogP contribution in [0.1, 0.15) is 34.0 Å². The second-order valence-corrected chi connectivity index (χ2v) is 7.31. The van der Waals surface area contributed by atoms with Crippen LogP contribution in [0.25, 0.3) is 0 Å². The summed E-state index contributed by atoms with van der Waals surface area (Å²) in [6.07, 6.45) is 0. The van der Waals surface area contributed by atoms with Gasteiger partial charge in [0.2, 0.25) is 0 Å². The lowest BCUT2D eigenvalue weighted by Gasteiger charge is -2.14. The van der Waals surface area contributed by atoms with Crippen molar-refractivity contribution in [1.82, 2.24) is 0 Å². The first kappa shape index (κ1) is 18.0. The summed E-state index contributed by atoms with van der Waals surface area (Å²) in [4.78, 5) is 11.7. The first-order valence-electron chi connectivity index (χ1n) is 7.62. The number of aryl methyl sites for hydroxylation is 3. The Morgan fingerprint density at radius 2 is 1.58 bits per heavy atom. The molecule has 2 aromatic carbocycles. The van der Waals surface area contributed by atoms with E-state index in [1.807, 2.05) is 32.9 Å². The van der Waals surface area contributed by atoms with Crippen LogP contribution < -0.4 is 4.72 Å². The highest BCUT2D eigenvalue weighted by Gasteiger charge is 2.17. The van der Waals surface area contributed by atoms with Crippen LogP contribution in [0.3, 0.4) is 0 Å². The van der Waals surface area contributed by atoms with Gasteiger partial charge in [0.25, 0.3) is 10.0 Å². The molecule has 0 fully saturated rings. The SMILES string of the molecule is CCOC(=O)c1ccc(S(=O)(=O)Nc2c(C)cc(C)cc2C)cc1. The molecule has 6 heteroatoms. The van der Waals surface area contributed by atoms with Gasteiger partial charge in [0.15, 0.2) is 0 Å². The van der Waals surface area contributed by atoms with E-state index < -0.39 is 16.0 Å². The Morgan fingerprint density at radius 3 is 2.08 bits per heavy atom. The monoisotopic (exact) mass is 347 g/mol. The number of carbonyl (C=O) groups excluding carboxylic acids is 1. The summed E-state index contributed by atoms with van der Waals surface area (Å²) in [7, 11) is -3.73. The van der Waals surface area contributed by atoms with Crippen LogP contribution in [0.2, 0.25) is 0 Å². The van der Waals surface area contributed by atoms with E-state index in [0.29, 0.717) is 11.3 Å². The Balaban J connectivity index is 2.30. The Kier molecular flexibility index (Phi) is 5.29. The van der Waals surface area contributed by atoms with Gasteiger partial charge in [-0.15, -0.1) is 0 Å². The Bertz CT molecular complexity index is 832. The Labute approximate surface area is 142 Å². The number of hydrogen-bond donors (Lipinski definition) is 1. The van der Waals surface area contributed by atoms with Gasteiger partial charge < -0.3 is 4.74 Å². The molecular formula is C18H21NO4S. The molecule has 0 unspecified atom stereocenters. The number of carbonyl (C=O) groups is 1. The van der Waals surface area contributed by atoms with E-state index in [-0.39, 0.29) is 11.5 Å². The maximum Gasteiger partial charge on any atom is 0.338 e. The molecule has 0 aromatic heterocycles. The van der Waals surface area contributed by atoms with E-state index in [9.17, 15) is 13.2 Å². The summed E-state index contributed by atoms with van der Waals surface area (Å²) in [5, 5.41) is 0. The van der Waals surface area contributed by atoms with Crippen LogP contribution in [-0.4, -0.2) is 21.0 Å². The fourth-order valence-electron chi connectivity index (χ4n) is 2.52. The van der Waals surface area contributed by atoms with E-state index >= 15 is 0 Å². The summed E-state index contributed by atoms with van der Waals surface area (Å²) in [6, 6.07) is 9.53. The zero-order chi connectivity index (χ0) is 17.9. The van der Waals surface area contributed by atoms with Crippen molar-refractivity contribution >= 4 is 21.7 Å². The molecule has 5 nitrogen and oxygen atoms in total. The number of benzene rings is 2. The molecule has 0 heterocycles. The van der Waals surface area contributed by atoms with E-state index in [0.717, 1.165) is 16.7 Å². The third-order valence-corrected chi connectivity index (χ3v) is 4.95. The first-order chi connectivity index (χ1) is 11.2. The summed E-state index contributed by atoms with van der Waals surface area (Å²) in [5.74, 6) is -0.473. The fourth-order valence-corrected chi connectivity index (χ4v) is 3.72. The molecule has 0 saturated heterocycles. The lowest BCUT2D eigenvalue weighted by atomic mass is 10.1. The summed E-state index contributed by atoms with van der Waals surface area (Å²) < 4.78 is 32.7. The van der Waals surface area contributed by atoms with Gasteiger partial charge in [-0.05, 0) is 63.1 Å². The van der Waals surface area contributed by atoms with Crippen LogP contribution in [0.5, 0.6) is 0 Å². The summed E-state index contributed by atoms with van der Waals surface area (Å²) in [5.41, 5.74) is 3.69. The smallest absolute Gasteiger partial charge is 0.338 e. The minimum absolute atomic E-state index is 0.0925. The molecule has 0 saturated carbocycles.